The summed E-state index contributed by atoms with van der Waals surface area (Å²) in [6, 6.07) is 13.7. The number of rotatable bonds is 4. The van der Waals surface area contributed by atoms with Gasteiger partial charge in [0.25, 0.3) is 11.8 Å². The molecule has 0 aromatic heterocycles. The fraction of sp³-hybridized carbons (Fsp3) is 0.211. The molecule has 6 nitrogen and oxygen atoms in total. The maximum absolute atomic E-state index is 12.4. The Morgan fingerprint density at radius 2 is 1.76 bits per heavy atom. The van der Waals surface area contributed by atoms with Crippen molar-refractivity contribution in [3.05, 3.63) is 59.7 Å². The van der Waals surface area contributed by atoms with E-state index in [9.17, 15) is 14.4 Å². The summed E-state index contributed by atoms with van der Waals surface area (Å²) in [6.07, 6.45) is 1.39. The predicted octanol–water partition coefficient (Wildman–Crippen LogP) is 2.43. The number of amides is 3. The molecule has 3 amide bonds. The zero-order valence-corrected chi connectivity index (χ0v) is 13.9. The van der Waals surface area contributed by atoms with Crippen molar-refractivity contribution >= 4 is 29.1 Å². The van der Waals surface area contributed by atoms with E-state index < -0.39 is 0 Å². The molecule has 2 aromatic rings. The number of nitrogens with one attached hydrogen (secondary N) is 2. The normalized spacial score (nSPS) is 13.6. The Hall–Kier alpha value is -3.15. The van der Waals surface area contributed by atoms with Crippen LogP contribution in [0.2, 0.25) is 0 Å². The number of benzene rings is 2. The molecular formula is C19H19N3O3. The van der Waals surface area contributed by atoms with E-state index in [0.29, 0.717) is 29.8 Å². The van der Waals surface area contributed by atoms with Crippen LogP contribution in [0.5, 0.6) is 0 Å². The minimum absolute atomic E-state index is 0.0855. The van der Waals surface area contributed by atoms with E-state index >= 15 is 0 Å². The third-order valence-electron chi connectivity index (χ3n) is 4.13. The molecule has 1 saturated heterocycles. The van der Waals surface area contributed by atoms with E-state index in [1.54, 1.807) is 54.4 Å². The van der Waals surface area contributed by atoms with Gasteiger partial charge in [0.05, 0.1) is 0 Å². The molecule has 1 aliphatic rings. The Morgan fingerprint density at radius 1 is 1.00 bits per heavy atom. The van der Waals surface area contributed by atoms with Crippen LogP contribution in [0, 0.1) is 0 Å². The summed E-state index contributed by atoms with van der Waals surface area (Å²) in [6.45, 7) is 0.685. The minimum Gasteiger partial charge on any atom is -0.355 e. The van der Waals surface area contributed by atoms with Gasteiger partial charge in [-0.25, -0.2) is 0 Å². The second-order valence-electron chi connectivity index (χ2n) is 5.81. The highest BCUT2D eigenvalue weighted by Crippen LogP contribution is 2.22. The first kappa shape index (κ1) is 16.7. The first-order valence-electron chi connectivity index (χ1n) is 8.12. The highest BCUT2D eigenvalue weighted by atomic mass is 16.2. The van der Waals surface area contributed by atoms with Crippen molar-refractivity contribution < 1.29 is 14.4 Å². The molecule has 25 heavy (non-hydrogen) atoms. The summed E-state index contributed by atoms with van der Waals surface area (Å²) < 4.78 is 0. The van der Waals surface area contributed by atoms with Gasteiger partial charge in [-0.05, 0) is 48.9 Å². The zero-order chi connectivity index (χ0) is 17.8. The topological polar surface area (TPSA) is 78.5 Å². The van der Waals surface area contributed by atoms with Gasteiger partial charge in [-0.2, -0.15) is 0 Å². The molecule has 0 bridgehead atoms. The summed E-state index contributed by atoms with van der Waals surface area (Å²) in [4.78, 5) is 37.5. The standard InChI is InChI=1S/C19H19N3O3/c1-20-18(24)13-7-9-15(10-8-13)21-19(25)14-4-2-5-16(12-14)22-11-3-6-17(22)23/h2,4-5,7-10,12H,3,6,11H2,1H3,(H,20,24)(H,21,25). The lowest BCUT2D eigenvalue weighted by Crippen LogP contribution is -2.24. The number of carbonyl (C=O) groups is 3. The average molecular weight is 337 g/mol. The van der Waals surface area contributed by atoms with Crippen molar-refractivity contribution in [3.8, 4) is 0 Å². The van der Waals surface area contributed by atoms with E-state index in [1.165, 1.54) is 0 Å². The van der Waals surface area contributed by atoms with Crippen LogP contribution in [-0.2, 0) is 4.79 Å². The van der Waals surface area contributed by atoms with Crippen LogP contribution < -0.4 is 15.5 Å². The van der Waals surface area contributed by atoms with Crippen LogP contribution in [0.15, 0.2) is 48.5 Å². The van der Waals surface area contributed by atoms with Crippen molar-refractivity contribution in [2.45, 2.75) is 12.8 Å². The monoisotopic (exact) mass is 337 g/mol. The lowest BCUT2D eigenvalue weighted by Gasteiger charge is -2.16. The summed E-state index contributed by atoms with van der Waals surface area (Å²) in [7, 11) is 1.57. The molecule has 0 aliphatic carbocycles. The van der Waals surface area contributed by atoms with Gasteiger partial charge in [0.15, 0.2) is 0 Å². The first-order chi connectivity index (χ1) is 12.1. The molecule has 0 unspecified atom stereocenters. The highest BCUT2D eigenvalue weighted by molar-refractivity contribution is 6.06. The minimum atomic E-state index is -0.263. The maximum atomic E-state index is 12.4. The molecule has 6 heteroatoms. The van der Waals surface area contributed by atoms with Gasteiger partial charge >= 0.3 is 0 Å². The lowest BCUT2D eigenvalue weighted by molar-refractivity contribution is -0.117. The van der Waals surface area contributed by atoms with E-state index in [4.69, 9.17) is 0 Å². The lowest BCUT2D eigenvalue weighted by atomic mass is 10.1. The van der Waals surface area contributed by atoms with Crippen LogP contribution in [0.4, 0.5) is 11.4 Å². The molecule has 0 radical (unpaired) electrons. The molecule has 128 valence electrons. The zero-order valence-electron chi connectivity index (χ0n) is 13.9. The van der Waals surface area contributed by atoms with Crippen LogP contribution in [0.25, 0.3) is 0 Å². The Kier molecular flexibility index (Phi) is 4.79. The fourth-order valence-corrected chi connectivity index (χ4v) is 2.79. The smallest absolute Gasteiger partial charge is 0.255 e. The summed E-state index contributed by atoms with van der Waals surface area (Å²) in [5.74, 6) is -0.357. The number of anilines is 2. The molecular weight excluding hydrogens is 318 g/mol. The Bertz CT molecular complexity index is 815. The van der Waals surface area contributed by atoms with Gasteiger partial charge in [-0.15, -0.1) is 0 Å². The highest BCUT2D eigenvalue weighted by Gasteiger charge is 2.22. The predicted molar refractivity (Wildman–Crippen MR) is 95.8 cm³/mol. The van der Waals surface area contributed by atoms with Crippen LogP contribution in [0.3, 0.4) is 0 Å². The molecule has 1 fully saturated rings. The third kappa shape index (κ3) is 3.68. The molecule has 2 aromatic carbocycles. The Morgan fingerprint density at radius 3 is 2.40 bits per heavy atom. The van der Waals surface area contributed by atoms with Crippen molar-refractivity contribution in [1.29, 1.82) is 0 Å². The molecule has 2 N–H and O–H groups in total. The summed E-state index contributed by atoms with van der Waals surface area (Å²) >= 11 is 0. The molecule has 0 saturated carbocycles. The van der Waals surface area contributed by atoms with Crippen molar-refractivity contribution in [2.75, 3.05) is 23.8 Å². The van der Waals surface area contributed by atoms with E-state index in [1.807, 2.05) is 6.07 Å². The number of hydrogen-bond acceptors (Lipinski definition) is 3. The SMILES string of the molecule is CNC(=O)c1ccc(NC(=O)c2cccc(N3CCCC3=O)c2)cc1. The second-order valence-corrected chi connectivity index (χ2v) is 5.81. The van der Waals surface area contributed by atoms with Gasteiger partial charge in [0.2, 0.25) is 5.91 Å². The number of carbonyl (C=O) groups excluding carboxylic acids is 3. The van der Waals surface area contributed by atoms with Gasteiger partial charge < -0.3 is 15.5 Å². The molecule has 1 heterocycles. The number of nitrogens with zero attached hydrogens (tertiary/aromatic N) is 1. The maximum Gasteiger partial charge on any atom is 0.255 e. The number of hydrogen-bond donors (Lipinski definition) is 2. The summed E-state index contributed by atoms with van der Waals surface area (Å²) in [5.41, 5.74) is 2.34. The second kappa shape index (κ2) is 7.17. The Labute approximate surface area is 145 Å². The van der Waals surface area contributed by atoms with Crippen molar-refractivity contribution in [1.82, 2.24) is 5.32 Å². The fourth-order valence-electron chi connectivity index (χ4n) is 2.79. The summed E-state index contributed by atoms with van der Waals surface area (Å²) in [5, 5.41) is 5.34. The van der Waals surface area contributed by atoms with Gasteiger partial charge in [-0.1, -0.05) is 6.07 Å². The Balaban J connectivity index is 1.73. The molecule has 0 spiro atoms. The molecule has 1 aliphatic heterocycles. The van der Waals surface area contributed by atoms with Crippen molar-refractivity contribution in [3.63, 3.8) is 0 Å². The van der Waals surface area contributed by atoms with E-state index in [0.717, 1.165) is 12.1 Å². The van der Waals surface area contributed by atoms with Gasteiger partial charge in [0.1, 0.15) is 0 Å². The van der Waals surface area contributed by atoms with E-state index in [2.05, 4.69) is 10.6 Å². The quantitative estimate of drug-likeness (QED) is 0.899. The molecule has 0 atom stereocenters. The van der Waals surface area contributed by atoms with Crippen LogP contribution in [0.1, 0.15) is 33.6 Å². The van der Waals surface area contributed by atoms with E-state index in [-0.39, 0.29) is 17.7 Å². The van der Waals surface area contributed by atoms with Crippen molar-refractivity contribution in [2.24, 2.45) is 0 Å². The average Bonchev–Trinajstić information content (AvgIpc) is 3.07. The molecule has 3 rings (SSSR count). The first-order valence-corrected chi connectivity index (χ1v) is 8.12. The van der Waals surface area contributed by atoms with Gasteiger partial charge in [0, 0.05) is 42.5 Å². The largest absolute Gasteiger partial charge is 0.355 e. The van der Waals surface area contributed by atoms with Gasteiger partial charge in [-0.3, -0.25) is 14.4 Å². The van der Waals surface area contributed by atoms with Crippen LogP contribution in [-0.4, -0.2) is 31.3 Å². The van der Waals surface area contributed by atoms with Crippen LogP contribution >= 0.6 is 0 Å². The third-order valence-corrected chi connectivity index (χ3v) is 4.13.